The molecule has 3 nitrogen and oxygen atoms in total. The van der Waals surface area contributed by atoms with E-state index in [1.54, 1.807) is 31.4 Å². The highest BCUT2D eigenvalue weighted by Crippen LogP contribution is 2.15. The van der Waals surface area contributed by atoms with Crippen molar-refractivity contribution in [1.82, 2.24) is 0 Å². The molecule has 0 bridgehead atoms. The molecule has 0 amide bonds. The third-order valence-corrected chi connectivity index (χ3v) is 4.10. The molecule has 1 rings (SSSR count). The number of methoxy groups -OCH3 is 1. The number of benzene rings is 1. The van der Waals surface area contributed by atoms with Crippen LogP contribution in [0, 0.1) is 5.92 Å². The fraction of sp³-hybridized carbons (Fsp3) is 0.462. The van der Waals surface area contributed by atoms with Crippen molar-refractivity contribution in [3.05, 3.63) is 24.3 Å². The minimum Gasteiger partial charge on any atom is -0.497 e. The first-order valence-corrected chi connectivity index (χ1v) is 6.95. The van der Waals surface area contributed by atoms with Crippen LogP contribution in [0.2, 0.25) is 0 Å². The Balaban J connectivity index is 2.66. The van der Waals surface area contributed by atoms with Gasteiger partial charge in [-0.25, -0.2) is 0 Å². The van der Waals surface area contributed by atoms with E-state index in [0.29, 0.717) is 4.90 Å². The summed E-state index contributed by atoms with van der Waals surface area (Å²) in [7, 11) is 0.331. The van der Waals surface area contributed by atoms with Crippen LogP contribution in [0.5, 0.6) is 5.75 Å². The fourth-order valence-corrected chi connectivity index (χ4v) is 2.46. The summed E-state index contributed by atoms with van der Waals surface area (Å²) in [6.45, 7) is 3.83. The summed E-state index contributed by atoms with van der Waals surface area (Å²) in [6, 6.07) is 6.97. The van der Waals surface area contributed by atoms with Gasteiger partial charge in [0.05, 0.1) is 23.7 Å². The van der Waals surface area contributed by atoms with E-state index in [9.17, 15) is 9.00 Å². The van der Waals surface area contributed by atoms with Gasteiger partial charge >= 0.3 is 0 Å². The normalized spacial score (nSPS) is 14.1. The van der Waals surface area contributed by atoms with Gasteiger partial charge in [-0.3, -0.25) is 9.00 Å². The maximum atomic E-state index is 11.9. The van der Waals surface area contributed by atoms with Crippen molar-refractivity contribution in [2.24, 2.45) is 5.92 Å². The average Bonchev–Trinajstić information content (AvgIpc) is 2.37. The third-order valence-electron chi connectivity index (χ3n) is 2.76. The first kappa shape index (κ1) is 13.9. The Morgan fingerprint density at radius 3 is 2.41 bits per heavy atom. The van der Waals surface area contributed by atoms with E-state index in [1.165, 1.54) is 0 Å². The fourth-order valence-electron chi connectivity index (χ4n) is 1.31. The van der Waals surface area contributed by atoms with Gasteiger partial charge in [-0.1, -0.05) is 13.8 Å². The molecule has 0 spiro atoms. The monoisotopic (exact) mass is 254 g/mol. The summed E-state index contributed by atoms with van der Waals surface area (Å²) in [6.07, 6.45) is 0.790. The summed E-state index contributed by atoms with van der Waals surface area (Å²) in [5.41, 5.74) is 0. The van der Waals surface area contributed by atoms with Gasteiger partial charge in [0.2, 0.25) is 0 Å². The zero-order chi connectivity index (χ0) is 12.8. The lowest BCUT2D eigenvalue weighted by Gasteiger charge is -2.07. The lowest BCUT2D eigenvalue weighted by molar-refractivity contribution is -0.119. The maximum absolute atomic E-state index is 11.9. The topological polar surface area (TPSA) is 43.4 Å². The molecule has 2 atom stereocenters. The second-order valence-corrected chi connectivity index (χ2v) is 5.39. The van der Waals surface area contributed by atoms with Crippen molar-refractivity contribution in [2.75, 3.05) is 12.9 Å². The number of rotatable bonds is 6. The van der Waals surface area contributed by atoms with Gasteiger partial charge in [0.15, 0.2) is 0 Å². The summed E-state index contributed by atoms with van der Waals surface area (Å²) >= 11 is 0. The Bertz CT molecular complexity index is 398. The van der Waals surface area contributed by atoms with Crippen LogP contribution in [-0.4, -0.2) is 22.9 Å². The molecule has 0 heterocycles. The molecule has 4 heteroatoms. The second-order valence-electron chi connectivity index (χ2n) is 3.94. The minimum atomic E-state index is -1.25. The van der Waals surface area contributed by atoms with Crippen molar-refractivity contribution in [3.8, 4) is 5.75 Å². The number of carbonyl (C=O) groups excluding carboxylic acids is 1. The minimum absolute atomic E-state index is 0.0165. The molecule has 0 aliphatic carbocycles. The molecule has 0 aliphatic heterocycles. The summed E-state index contributed by atoms with van der Waals surface area (Å²) in [4.78, 5) is 12.3. The number of Topliss-reactive ketones (excluding diaryl/α,β-unsaturated/α-hetero) is 1. The lowest BCUT2D eigenvalue weighted by atomic mass is 10.1. The van der Waals surface area contributed by atoms with E-state index in [1.807, 2.05) is 13.8 Å². The first-order chi connectivity index (χ1) is 8.08. The zero-order valence-electron chi connectivity index (χ0n) is 10.4. The van der Waals surface area contributed by atoms with E-state index in [2.05, 4.69) is 0 Å². The first-order valence-electron chi connectivity index (χ1n) is 5.63. The van der Waals surface area contributed by atoms with Gasteiger partial charge < -0.3 is 4.74 Å². The van der Waals surface area contributed by atoms with E-state index in [-0.39, 0.29) is 17.5 Å². The standard InChI is InChI=1S/C13H18O3S/c1-4-10(2)13(14)9-17(15)12-7-5-11(16-3)6-8-12/h5-8,10H,4,9H2,1-3H3. The van der Waals surface area contributed by atoms with Crippen LogP contribution >= 0.6 is 0 Å². The highest BCUT2D eigenvalue weighted by Gasteiger charge is 2.15. The maximum Gasteiger partial charge on any atom is 0.148 e. The summed E-state index contributed by atoms with van der Waals surface area (Å²) in [5.74, 6) is 0.860. The molecular weight excluding hydrogens is 236 g/mol. The van der Waals surface area contributed by atoms with E-state index in [0.717, 1.165) is 12.2 Å². The molecule has 17 heavy (non-hydrogen) atoms. The molecule has 0 N–H and O–H groups in total. The van der Waals surface area contributed by atoms with Gasteiger partial charge in [0.1, 0.15) is 11.5 Å². The smallest absolute Gasteiger partial charge is 0.148 e. The molecule has 0 radical (unpaired) electrons. The van der Waals surface area contributed by atoms with Gasteiger partial charge in [0.25, 0.3) is 0 Å². The predicted molar refractivity (Wildman–Crippen MR) is 68.7 cm³/mol. The van der Waals surface area contributed by atoms with Crippen LogP contribution < -0.4 is 4.74 Å². The van der Waals surface area contributed by atoms with Gasteiger partial charge in [-0.15, -0.1) is 0 Å². The van der Waals surface area contributed by atoms with Crippen LogP contribution in [0.1, 0.15) is 20.3 Å². The second kappa shape index (κ2) is 6.55. The van der Waals surface area contributed by atoms with Gasteiger partial charge in [0, 0.05) is 10.8 Å². The Hall–Kier alpha value is -1.16. The van der Waals surface area contributed by atoms with Crippen molar-refractivity contribution in [2.45, 2.75) is 25.2 Å². The molecular formula is C13H18O3S. The number of ether oxygens (including phenoxy) is 1. The van der Waals surface area contributed by atoms with Crippen molar-refractivity contribution in [3.63, 3.8) is 0 Å². The Kier molecular flexibility index (Phi) is 5.35. The van der Waals surface area contributed by atoms with Gasteiger partial charge in [-0.05, 0) is 30.7 Å². The average molecular weight is 254 g/mol. The van der Waals surface area contributed by atoms with Crippen LogP contribution in [-0.2, 0) is 15.6 Å². The number of ketones is 1. The summed E-state index contributed by atoms with van der Waals surface area (Å²) in [5, 5.41) is 0. The SMILES string of the molecule is CCC(C)C(=O)CS(=O)c1ccc(OC)cc1. The molecule has 1 aromatic rings. The molecule has 1 aromatic carbocycles. The largest absolute Gasteiger partial charge is 0.497 e. The highest BCUT2D eigenvalue weighted by atomic mass is 32.2. The van der Waals surface area contributed by atoms with Crippen molar-refractivity contribution < 1.29 is 13.7 Å². The number of hydrogen-bond acceptors (Lipinski definition) is 3. The molecule has 2 unspecified atom stereocenters. The van der Waals surface area contributed by atoms with E-state index >= 15 is 0 Å². The molecule has 0 saturated heterocycles. The lowest BCUT2D eigenvalue weighted by Crippen LogP contribution is -2.18. The quantitative estimate of drug-likeness (QED) is 0.783. The predicted octanol–water partition coefficient (Wildman–Crippen LogP) is 2.42. The summed E-state index contributed by atoms with van der Waals surface area (Å²) < 4.78 is 16.9. The van der Waals surface area contributed by atoms with Crippen LogP contribution in [0.4, 0.5) is 0 Å². The van der Waals surface area contributed by atoms with Crippen molar-refractivity contribution in [1.29, 1.82) is 0 Å². The van der Waals surface area contributed by atoms with Gasteiger partial charge in [-0.2, -0.15) is 0 Å². The van der Waals surface area contributed by atoms with Crippen molar-refractivity contribution >= 4 is 16.6 Å². The molecule has 0 aromatic heterocycles. The Morgan fingerprint density at radius 2 is 1.94 bits per heavy atom. The highest BCUT2D eigenvalue weighted by molar-refractivity contribution is 7.85. The number of hydrogen-bond donors (Lipinski definition) is 0. The Labute approximate surface area is 105 Å². The zero-order valence-corrected chi connectivity index (χ0v) is 11.3. The number of carbonyl (C=O) groups is 1. The molecule has 0 saturated carbocycles. The van der Waals surface area contributed by atoms with E-state index in [4.69, 9.17) is 4.74 Å². The van der Waals surface area contributed by atoms with Crippen LogP contribution in [0.3, 0.4) is 0 Å². The van der Waals surface area contributed by atoms with Crippen LogP contribution in [0.15, 0.2) is 29.2 Å². The van der Waals surface area contributed by atoms with E-state index < -0.39 is 10.8 Å². The molecule has 0 aliphatic rings. The molecule has 94 valence electrons. The molecule has 0 fully saturated rings. The van der Waals surface area contributed by atoms with Crippen LogP contribution in [0.25, 0.3) is 0 Å². The Morgan fingerprint density at radius 1 is 1.35 bits per heavy atom. The third kappa shape index (κ3) is 3.97.